The summed E-state index contributed by atoms with van der Waals surface area (Å²) in [6.07, 6.45) is -8.55. The number of rotatable bonds is 10. The highest BCUT2D eigenvalue weighted by Gasteiger charge is 2.40. The van der Waals surface area contributed by atoms with Crippen LogP contribution in [0, 0.1) is 6.92 Å². The lowest BCUT2D eigenvalue weighted by molar-refractivity contribution is -0.143. The summed E-state index contributed by atoms with van der Waals surface area (Å²) in [5.41, 5.74) is -3.54. The molecule has 0 aliphatic rings. The molecular formula is C30H26Cl2F6N6O4S. The number of aromatic nitrogens is 3. The Morgan fingerprint density at radius 2 is 1.67 bits per heavy atom. The summed E-state index contributed by atoms with van der Waals surface area (Å²) in [6.45, 7) is 4.33. The van der Waals surface area contributed by atoms with Crippen LogP contribution in [0.4, 0.5) is 32.0 Å². The van der Waals surface area contributed by atoms with E-state index in [1.165, 1.54) is 30.5 Å². The number of sulfonamides is 1. The minimum atomic E-state index is -5.32. The van der Waals surface area contributed by atoms with Crippen molar-refractivity contribution in [1.29, 1.82) is 0 Å². The molecule has 0 bridgehead atoms. The van der Waals surface area contributed by atoms with Crippen LogP contribution in [0.25, 0.3) is 5.82 Å². The van der Waals surface area contributed by atoms with E-state index in [9.17, 15) is 44.3 Å². The number of nitrogens with one attached hydrogen (secondary N) is 3. The van der Waals surface area contributed by atoms with Gasteiger partial charge in [-0.15, -0.1) is 0 Å². The van der Waals surface area contributed by atoms with Crippen molar-refractivity contribution in [2.45, 2.75) is 57.0 Å². The smallest absolute Gasteiger partial charge is 0.350 e. The molecule has 2 amide bonds. The Hall–Kier alpha value is -4.19. The van der Waals surface area contributed by atoms with E-state index in [0.717, 1.165) is 10.7 Å². The summed E-state index contributed by atoms with van der Waals surface area (Å²) in [5.74, 6) is -1.55. The van der Waals surface area contributed by atoms with Crippen molar-refractivity contribution in [2.75, 3.05) is 5.32 Å². The van der Waals surface area contributed by atoms with Gasteiger partial charge in [-0.25, -0.2) is 22.8 Å². The topological polar surface area (TPSA) is 135 Å². The highest BCUT2D eigenvalue weighted by Crippen LogP contribution is 2.38. The van der Waals surface area contributed by atoms with E-state index >= 15 is 0 Å². The third kappa shape index (κ3) is 8.70. The van der Waals surface area contributed by atoms with Crippen molar-refractivity contribution in [3.8, 4) is 5.82 Å². The molecule has 49 heavy (non-hydrogen) atoms. The van der Waals surface area contributed by atoms with Crippen molar-refractivity contribution in [3.63, 3.8) is 0 Å². The Morgan fingerprint density at radius 1 is 0.980 bits per heavy atom. The van der Waals surface area contributed by atoms with E-state index in [2.05, 4.69) is 20.7 Å². The second-order valence-electron chi connectivity index (χ2n) is 10.7. The maximum atomic E-state index is 13.8. The first kappa shape index (κ1) is 37.6. The molecule has 0 aliphatic heterocycles. The van der Waals surface area contributed by atoms with Crippen molar-refractivity contribution < 1.29 is 44.3 Å². The molecule has 4 rings (SSSR count). The normalized spacial score (nSPS) is 12.9. The third-order valence-electron chi connectivity index (χ3n) is 7.05. The molecule has 2 aromatic heterocycles. The summed E-state index contributed by atoms with van der Waals surface area (Å²) < 4.78 is 110. The molecule has 1 atom stereocenters. The van der Waals surface area contributed by atoms with Gasteiger partial charge >= 0.3 is 12.4 Å². The Bertz CT molecular complexity index is 2020. The van der Waals surface area contributed by atoms with Gasteiger partial charge in [0, 0.05) is 17.3 Å². The molecule has 3 N–H and O–H groups in total. The first-order valence-electron chi connectivity index (χ1n) is 14.1. The highest BCUT2D eigenvalue weighted by molar-refractivity contribution is 7.89. The van der Waals surface area contributed by atoms with Gasteiger partial charge in [0.1, 0.15) is 5.69 Å². The van der Waals surface area contributed by atoms with Crippen LogP contribution in [0.2, 0.25) is 10.0 Å². The number of amides is 2. The number of benzene rings is 2. The maximum Gasteiger partial charge on any atom is 0.417 e. The fraction of sp³-hybridized carbons (Fsp3) is 0.267. The predicted octanol–water partition coefficient (Wildman–Crippen LogP) is 7.18. The Kier molecular flexibility index (Phi) is 11.0. The monoisotopic (exact) mass is 750 g/mol. The fourth-order valence-electron chi connectivity index (χ4n) is 4.44. The van der Waals surface area contributed by atoms with E-state index in [1.807, 2.05) is 11.6 Å². The van der Waals surface area contributed by atoms with E-state index in [4.69, 9.17) is 23.2 Å². The standard InChI is InChI=1S/C30H26Cl2F6N6O4S/c1-4-16(3)41-27(45)20-12-18(31)10-15(2)25(20)42-28(46)23-13-19(43-44(23)26-22(32)6-5-9-39-26)14-40-49(47,48)24-11-17(29(33,34)35)7-8-21(24)30(36,37)38/h5-13,16,40H,4,14H2,1-3H3,(H,41,45)(H,42,46). The number of hydrogen-bond acceptors (Lipinski definition) is 6. The highest BCUT2D eigenvalue weighted by atomic mass is 35.5. The zero-order valence-corrected chi connectivity index (χ0v) is 27.9. The summed E-state index contributed by atoms with van der Waals surface area (Å²) in [4.78, 5) is 29.3. The lowest BCUT2D eigenvalue weighted by Crippen LogP contribution is -2.33. The minimum absolute atomic E-state index is 0.0122. The van der Waals surface area contributed by atoms with Gasteiger partial charge < -0.3 is 10.6 Å². The van der Waals surface area contributed by atoms with Crippen LogP contribution in [0.15, 0.2) is 59.6 Å². The van der Waals surface area contributed by atoms with E-state index in [1.54, 1.807) is 13.8 Å². The second-order valence-corrected chi connectivity index (χ2v) is 13.2. The molecule has 0 saturated carbocycles. The summed E-state index contributed by atoms with van der Waals surface area (Å²) in [7, 11) is -5.26. The summed E-state index contributed by atoms with van der Waals surface area (Å²) in [6, 6.07) is 6.56. The molecule has 1 unspecified atom stereocenters. The zero-order chi connectivity index (χ0) is 36.5. The van der Waals surface area contributed by atoms with Gasteiger partial charge in [-0.1, -0.05) is 30.1 Å². The van der Waals surface area contributed by atoms with Gasteiger partial charge in [-0.2, -0.15) is 31.4 Å². The Balaban J connectivity index is 1.75. The molecule has 0 spiro atoms. The molecule has 19 heteroatoms. The number of pyridine rings is 1. The first-order chi connectivity index (χ1) is 22.7. The molecular weight excluding hydrogens is 725 g/mol. The summed E-state index contributed by atoms with van der Waals surface area (Å²) in [5, 5.41) is 9.75. The van der Waals surface area contributed by atoms with Gasteiger partial charge in [-0.3, -0.25) is 9.59 Å². The lowest BCUT2D eigenvalue weighted by Gasteiger charge is -2.17. The van der Waals surface area contributed by atoms with Gasteiger partial charge in [-0.05, 0) is 74.4 Å². The van der Waals surface area contributed by atoms with Gasteiger partial charge in [0.15, 0.2) is 5.82 Å². The average molecular weight is 752 g/mol. The molecule has 262 valence electrons. The second kappa shape index (κ2) is 14.3. The number of hydrogen-bond donors (Lipinski definition) is 3. The van der Waals surface area contributed by atoms with Gasteiger partial charge in [0.25, 0.3) is 11.8 Å². The van der Waals surface area contributed by atoms with Crippen LogP contribution in [0.5, 0.6) is 0 Å². The number of carbonyl (C=O) groups excluding carboxylic acids is 2. The van der Waals surface area contributed by atoms with Crippen LogP contribution in [0.1, 0.15) is 63.5 Å². The van der Waals surface area contributed by atoms with Crippen LogP contribution in [-0.4, -0.2) is 41.0 Å². The number of carbonyl (C=O) groups is 2. The summed E-state index contributed by atoms with van der Waals surface area (Å²) >= 11 is 12.5. The van der Waals surface area contributed by atoms with Gasteiger partial charge in [0.05, 0.1) is 44.5 Å². The number of nitrogens with zero attached hydrogens (tertiary/aromatic N) is 3. The molecule has 2 aromatic carbocycles. The SMILES string of the molecule is CCC(C)NC(=O)c1cc(Cl)cc(C)c1NC(=O)c1cc(CNS(=O)(=O)c2cc(C(F)(F)F)ccc2C(F)(F)F)nn1-c1ncccc1Cl. The van der Waals surface area contributed by atoms with Crippen molar-refractivity contribution >= 4 is 50.7 Å². The van der Waals surface area contributed by atoms with Crippen LogP contribution >= 0.6 is 23.2 Å². The van der Waals surface area contributed by atoms with Crippen LogP contribution < -0.4 is 15.4 Å². The van der Waals surface area contributed by atoms with E-state index in [-0.39, 0.29) is 62.7 Å². The number of anilines is 1. The third-order valence-corrected chi connectivity index (χ3v) is 9.01. The largest absolute Gasteiger partial charge is 0.417 e. The zero-order valence-electron chi connectivity index (χ0n) is 25.6. The maximum absolute atomic E-state index is 13.8. The van der Waals surface area contributed by atoms with Crippen molar-refractivity contribution in [3.05, 3.63) is 98.4 Å². The molecule has 10 nitrogen and oxygen atoms in total. The number of halogens is 8. The average Bonchev–Trinajstić information content (AvgIpc) is 3.44. The Morgan fingerprint density at radius 3 is 2.29 bits per heavy atom. The van der Waals surface area contributed by atoms with Crippen molar-refractivity contribution in [2.24, 2.45) is 0 Å². The van der Waals surface area contributed by atoms with E-state index in [0.29, 0.717) is 12.0 Å². The molecule has 2 heterocycles. The first-order valence-corrected chi connectivity index (χ1v) is 16.4. The molecule has 0 saturated heterocycles. The van der Waals surface area contributed by atoms with Crippen LogP contribution in [0.3, 0.4) is 0 Å². The van der Waals surface area contributed by atoms with Crippen molar-refractivity contribution in [1.82, 2.24) is 24.8 Å². The van der Waals surface area contributed by atoms with E-state index < -0.39 is 56.8 Å². The van der Waals surface area contributed by atoms with Crippen LogP contribution in [-0.2, 0) is 28.9 Å². The quantitative estimate of drug-likeness (QED) is 0.147. The fourth-order valence-corrected chi connectivity index (χ4v) is 6.17. The molecule has 0 aliphatic carbocycles. The Labute approximate surface area is 285 Å². The minimum Gasteiger partial charge on any atom is -0.350 e. The number of alkyl halides is 6. The molecule has 0 fully saturated rings. The van der Waals surface area contributed by atoms with Gasteiger partial charge in [0.2, 0.25) is 10.0 Å². The lowest BCUT2D eigenvalue weighted by atomic mass is 10.1. The molecule has 4 aromatic rings. The number of aryl methyl sites for hydroxylation is 1. The molecule has 0 radical (unpaired) electrons. The predicted molar refractivity (Wildman–Crippen MR) is 168 cm³/mol.